The summed E-state index contributed by atoms with van der Waals surface area (Å²) in [5, 5.41) is 9.78. The van der Waals surface area contributed by atoms with Crippen LogP contribution in [0.4, 0.5) is 0 Å². The fourth-order valence-electron chi connectivity index (χ4n) is 0.397. The molecule has 0 saturated heterocycles. The van der Waals surface area contributed by atoms with E-state index in [2.05, 4.69) is 15.9 Å². The van der Waals surface area contributed by atoms with Crippen LogP contribution in [0.25, 0.3) is 0 Å². The van der Waals surface area contributed by atoms with Crippen LogP contribution in [0.3, 0.4) is 0 Å². The maximum Gasteiger partial charge on any atom is 0.207 e. The van der Waals surface area contributed by atoms with E-state index in [-0.39, 0.29) is 11.5 Å². The molecule has 4 heteroatoms. The summed E-state index contributed by atoms with van der Waals surface area (Å²) in [5.74, 6) is 0. The number of halogens is 1. The van der Waals surface area contributed by atoms with Gasteiger partial charge in [-0.1, -0.05) is 34.2 Å². The van der Waals surface area contributed by atoms with Crippen molar-refractivity contribution in [2.75, 3.05) is 6.54 Å². The molecule has 0 unspecified atom stereocenters. The van der Waals surface area contributed by atoms with E-state index in [1.807, 2.05) is 0 Å². The molecule has 0 radical (unpaired) electrons. The summed E-state index contributed by atoms with van der Waals surface area (Å²) in [6, 6.07) is 0. The summed E-state index contributed by atoms with van der Waals surface area (Å²) in [6.07, 6.45) is 5.77. The van der Waals surface area contributed by atoms with Crippen molar-refractivity contribution in [3.63, 3.8) is 0 Å². The second-order valence-corrected chi connectivity index (χ2v) is 2.12. The van der Waals surface area contributed by atoms with E-state index < -0.39 is 0 Å². The van der Waals surface area contributed by atoms with Crippen LogP contribution < -0.4 is 0 Å². The number of rotatable bonds is 4. The quantitative estimate of drug-likeness (QED) is 0.401. The van der Waals surface area contributed by atoms with Gasteiger partial charge in [0.15, 0.2) is 0 Å². The SMILES string of the molecule is O=[N+]([O-])CC/C=C\C=C\Br. The van der Waals surface area contributed by atoms with Crippen LogP contribution in [0.1, 0.15) is 6.42 Å². The van der Waals surface area contributed by atoms with Crippen LogP contribution in [0, 0.1) is 10.1 Å². The van der Waals surface area contributed by atoms with Gasteiger partial charge in [0.05, 0.1) is 0 Å². The Morgan fingerprint density at radius 3 is 2.70 bits per heavy atom. The first-order valence-electron chi connectivity index (χ1n) is 2.81. The first-order valence-corrected chi connectivity index (χ1v) is 3.72. The van der Waals surface area contributed by atoms with Crippen molar-refractivity contribution in [1.82, 2.24) is 0 Å². The molecule has 0 heterocycles. The molecule has 3 nitrogen and oxygen atoms in total. The average molecular weight is 206 g/mol. The molecule has 0 aliphatic carbocycles. The lowest BCUT2D eigenvalue weighted by atomic mass is 10.4. The van der Waals surface area contributed by atoms with Crippen LogP contribution in [-0.2, 0) is 0 Å². The lowest BCUT2D eigenvalue weighted by Gasteiger charge is -1.83. The van der Waals surface area contributed by atoms with Gasteiger partial charge >= 0.3 is 0 Å². The van der Waals surface area contributed by atoms with Gasteiger partial charge in [-0.25, -0.2) is 0 Å². The van der Waals surface area contributed by atoms with E-state index in [0.29, 0.717) is 6.42 Å². The molecule has 0 amide bonds. The van der Waals surface area contributed by atoms with Gasteiger partial charge in [-0.3, -0.25) is 10.1 Å². The van der Waals surface area contributed by atoms with Crippen molar-refractivity contribution >= 4 is 15.9 Å². The van der Waals surface area contributed by atoms with Crippen molar-refractivity contribution in [2.45, 2.75) is 6.42 Å². The molecular weight excluding hydrogens is 198 g/mol. The third-order valence-corrected chi connectivity index (χ3v) is 1.10. The van der Waals surface area contributed by atoms with Gasteiger partial charge in [0.1, 0.15) is 0 Å². The Balaban J connectivity index is 3.27. The van der Waals surface area contributed by atoms with E-state index in [9.17, 15) is 10.1 Å². The maximum absolute atomic E-state index is 9.78. The minimum Gasteiger partial charge on any atom is -0.265 e. The molecule has 10 heavy (non-hydrogen) atoms. The maximum atomic E-state index is 9.78. The van der Waals surface area contributed by atoms with Crippen LogP contribution in [0.15, 0.2) is 23.2 Å². The van der Waals surface area contributed by atoms with E-state index >= 15 is 0 Å². The largest absolute Gasteiger partial charge is 0.265 e. The molecule has 0 bridgehead atoms. The zero-order chi connectivity index (χ0) is 7.82. The Morgan fingerprint density at radius 1 is 1.50 bits per heavy atom. The highest BCUT2D eigenvalue weighted by Gasteiger charge is 1.89. The summed E-state index contributed by atoms with van der Waals surface area (Å²) < 4.78 is 0. The molecule has 0 aliphatic rings. The average Bonchev–Trinajstić information content (AvgIpc) is 1.87. The minimum absolute atomic E-state index is 0.00657. The third-order valence-electron chi connectivity index (χ3n) is 0.798. The number of hydrogen-bond donors (Lipinski definition) is 0. The zero-order valence-corrected chi connectivity index (χ0v) is 6.95. The normalized spacial score (nSPS) is 11.3. The fraction of sp³-hybridized carbons (Fsp3) is 0.333. The third kappa shape index (κ3) is 7.36. The molecule has 0 N–H and O–H groups in total. The Morgan fingerprint density at radius 2 is 2.20 bits per heavy atom. The topological polar surface area (TPSA) is 43.1 Å². The Hall–Kier alpha value is -0.640. The smallest absolute Gasteiger partial charge is 0.207 e. The second-order valence-electron chi connectivity index (χ2n) is 1.59. The zero-order valence-electron chi connectivity index (χ0n) is 5.37. The van der Waals surface area contributed by atoms with Crippen molar-refractivity contribution in [3.8, 4) is 0 Å². The fourth-order valence-corrected chi connectivity index (χ4v) is 0.573. The first-order chi connectivity index (χ1) is 4.77. The predicted molar refractivity (Wildman–Crippen MR) is 43.7 cm³/mol. The summed E-state index contributed by atoms with van der Waals surface area (Å²) >= 11 is 3.06. The molecular formula is C6H8BrNO2. The number of allylic oxidation sites excluding steroid dienone is 2. The van der Waals surface area contributed by atoms with E-state index in [4.69, 9.17) is 0 Å². The molecule has 0 rings (SSSR count). The standard InChI is InChI=1S/C6H8BrNO2/c7-5-3-1-2-4-6-8(9)10/h1-3,5H,4,6H2/b2-1-,5-3+. The van der Waals surface area contributed by atoms with Gasteiger partial charge in [0, 0.05) is 11.3 Å². The van der Waals surface area contributed by atoms with E-state index in [1.165, 1.54) is 0 Å². The molecule has 0 aliphatic heterocycles. The van der Waals surface area contributed by atoms with Crippen LogP contribution in [0.2, 0.25) is 0 Å². The molecule has 0 atom stereocenters. The van der Waals surface area contributed by atoms with Crippen molar-refractivity contribution < 1.29 is 4.92 Å². The van der Waals surface area contributed by atoms with Crippen molar-refractivity contribution in [2.24, 2.45) is 0 Å². The summed E-state index contributed by atoms with van der Waals surface area (Å²) in [4.78, 5) is 11.1. The molecule has 0 saturated carbocycles. The molecule has 0 spiro atoms. The number of nitrogens with zero attached hydrogens (tertiary/aromatic N) is 1. The summed E-state index contributed by atoms with van der Waals surface area (Å²) in [6.45, 7) is 0.00657. The van der Waals surface area contributed by atoms with Crippen molar-refractivity contribution in [3.05, 3.63) is 33.3 Å². The first kappa shape index (κ1) is 9.36. The van der Waals surface area contributed by atoms with Crippen molar-refractivity contribution in [1.29, 1.82) is 0 Å². The van der Waals surface area contributed by atoms with Gasteiger partial charge in [0.2, 0.25) is 6.54 Å². The van der Waals surface area contributed by atoms with Gasteiger partial charge in [0.25, 0.3) is 0 Å². The van der Waals surface area contributed by atoms with Crippen LogP contribution in [0.5, 0.6) is 0 Å². The van der Waals surface area contributed by atoms with Gasteiger partial charge in [-0.15, -0.1) is 0 Å². The monoisotopic (exact) mass is 205 g/mol. The second kappa shape index (κ2) is 6.48. The summed E-state index contributed by atoms with van der Waals surface area (Å²) in [7, 11) is 0. The summed E-state index contributed by atoms with van der Waals surface area (Å²) in [5.41, 5.74) is 0. The molecule has 0 fully saturated rings. The minimum atomic E-state index is -0.331. The van der Waals surface area contributed by atoms with Gasteiger partial charge in [-0.2, -0.15) is 0 Å². The number of nitro groups is 1. The predicted octanol–water partition coefficient (Wildman–Crippen LogP) is 2.12. The molecule has 56 valence electrons. The van der Waals surface area contributed by atoms with Gasteiger partial charge < -0.3 is 0 Å². The Kier molecular flexibility index (Phi) is 6.06. The molecule has 0 aromatic heterocycles. The highest BCUT2D eigenvalue weighted by Crippen LogP contribution is 1.87. The van der Waals surface area contributed by atoms with E-state index in [1.54, 1.807) is 23.2 Å². The lowest BCUT2D eigenvalue weighted by molar-refractivity contribution is -0.478. The van der Waals surface area contributed by atoms with Crippen LogP contribution >= 0.6 is 15.9 Å². The Bertz CT molecular complexity index is 154. The highest BCUT2D eigenvalue weighted by molar-refractivity contribution is 9.11. The lowest BCUT2D eigenvalue weighted by Crippen LogP contribution is -1.97. The van der Waals surface area contributed by atoms with E-state index in [0.717, 1.165) is 0 Å². The molecule has 0 aromatic carbocycles. The Labute approximate surface area is 67.7 Å². The highest BCUT2D eigenvalue weighted by atomic mass is 79.9. The molecule has 0 aromatic rings. The number of hydrogen-bond acceptors (Lipinski definition) is 2. The van der Waals surface area contributed by atoms with Gasteiger partial charge in [-0.05, 0) is 4.99 Å². The van der Waals surface area contributed by atoms with Crippen LogP contribution in [-0.4, -0.2) is 11.5 Å².